The highest BCUT2D eigenvalue weighted by atomic mass is 16.6. The highest BCUT2D eigenvalue weighted by Gasteiger charge is 2.33. The van der Waals surface area contributed by atoms with Gasteiger partial charge in [0.1, 0.15) is 0 Å². The molecule has 0 radical (unpaired) electrons. The predicted octanol–water partition coefficient (Wildman–Crippen LogP) is 2.93. The Morgan fingerprint density at radius 2 is 2.08 bits per heavy atom. The van der Waals surface area contributed by atoms with Crippen LogP contribution in [0.3, 0.4) is 0 Å². The van der Waals surface area contributed by atoms with Gasteiger partial charge >= 0.3 is 5.97 Å². The first-order valence-corrected chi connectivity index (χ1v) is 8.36. The van der Waals surface area contributed by atoms with Crippen molar-refractivity contribution in [2.75, 3.05) is 6.54 Å². The normalized spacial score (nSPS) is 17.3. The molecule has 2 aromatic rings. The van der Waals surface area contributed by atoms with Crippen LogP contribution in [0.5, 0.6) is 0 Å². The van der Waals surface area contributed by atoms with Gasteiger partial charge in [-0.05, 0) is 18.1 Å². The summed E-state index contributed by atoms with van der Waals surface area (Å²) in [4.78, 5) is 30.4. The number of nitrogens with zero attached hydrogens (tertiary/aromatic N) is 2. The van der Waals surface area contributed by atoms with E-state index in [1.165, 1.54) is 0 Å². The number of rotatable bonds is 5. The predicted molar refractivity (Wildman–Crippen MR) is 91.1 cm³/mol. The van der Waals surface area contributed by atoms with E-state index in [-0.39, 0.29) is 11.9 Å². The van der Waals surface area contributed by atoms with E-state index in [2.05, 4.69) is 18.8 Å². The second-order valence-corrected chi connectivity index (χ2v) is 6.63. The molecule has 0 spiro atoms. The molecule has 0 unspecified atom stereocenters. The van der Waals surface area contributed by atoms with E-state index >= 15 is 0 Å². The summed E-state index contributed by atoms with van der Waals surface area (Å²) < 4.78 is 5.14. The third-order valence-electron chi connectivity index (χ3n) is 4.07. The molecule has 0 bridgehead atoms. The highest BCUT2D eigenvalue weighted by Crippen LogP contribution is 2.19. The lowest BCUT2D eigenvalue weighted by Crippen LogP contribution is -2.40. The van der Waals surface area contributed by atoms with E-state index < -0.39 is 6.10 Å². The molecule has 1 aliphatic heterocycles. The molecule has 0 saturated carbocycles. The molecule has 1 fully saturated rings. The maximum atomic E-state index is 12.7. The van der Waals surface area contributed by atoms with Gasteiger partial charge in [-0.2, -0.15) is 0 Å². The molecular formula is C19H22N2O3. The minimum Gasteiger partial charge on any atom is -0.452 e. The number of pyridine rings is 1. The van der Waals surface area contributed by atoms with Gasteiger partial charge in [0, 0.05) is 24.8 Å². The lowest BCUT2D eigenvalue weighted by molar-refractivity contribution is -0.153. The molecule has 1 atom stereocenters. The number of esters is 1. The van der Waals surface area contributed by atoms with Crippen molar-refractivity contribution < 1.29 is 14.3 Å². The van der Waals surface area contributed by atoms with Crippen LogP contribution in [0.25, 0.3) is 10.9 Å². The third kappa shape index (κ3) is 3.72. The van der Waals surface area contributed by atoms with E-state index in [9.17, 15) is 9.59 Å². The van der Waals surface area contributed by atoms with Crippen molar-refractivity contribution in [2.24, 2.45) is 5.92 Å². The Hall–Kier alpha value is -2.43. The fourth-order valence-electron chi connectivity index (χ4n) is 2.97. The van der Waals surface area contributed by atoms with Gasteiger partial charge in [0.05, 0.1) is 17.8 Å². The van der Waals surface area contributed by atoms with Crippen LogP contribution in [0.2, 0.25) is 0 Å². The second kappa shape index (κ2) is 6.99. The molecule has 0 N–H and O–H groups in total. The van der Waals surface area contributed by atoms with Crippen molar-refractivity contribution in [1.82, 2.24) is 9.88 Å². The van der Waals surface area contributed by atoms with E-state index in [1.54, 1.807) is 4.90 Å². The zero-order valence-corrected chi connectivity index (χ0v) is 14.1. The number of hydrogen-bond donors (Lipinski definition) is 0. The summed E-state index contributed by atoms with van der Waals surface area (Å²) in [5.41, 5.74) is 1.76. The topological polar surface area (TPSA) is 59.5 Å². The zero-order valence-electron chi connectivity index (χ0n) is 14.1. The summed E-state index contributed by atoms with van der Waals surface area (Å²) in [5.74, 6) is -0.0855. The number of aromatic nitrogens is 1. The van der Waals surface area contributed by atoms with Gasteiger partial charge in [0.25, 0.3) is 5.91 Å². The smallest absolute Gasteiger partial charge is 0.306 e. The van der Waals surface area contributed by atoms with Crippen molar-refractivity contribution in [3.8, 4) is 0 Å². The van der Waals surface area contributed by atoms with Crippen LogP contribution >= 0.6 is 0 Å². The number of carbonyl (C=O) groups is 2. The first kappa shape index (κ1) is 16.4. The van der Waals surface area contributed by atoms with Crippen LogP contribution in [-0.2, 0) is 20.9 Å². The van der Waals surface area contributed by atoms with Gasteiger partial charge in [0.15, 0.2) is 6.10 Å². The van der Waals surface area contributed by atoms with Gasteiger partial charge in [-0.1, -0.05) is 38.1 Å². The third-order valence-corrected chi connectivity index (χ3v) is 4.07. The average Bonchev–Trinajstić information content (AvgIpc) is 2.99. The van der Waals surface area contributed by atoms with E-state index in [0.717, 1.165) is 16.6 Å². The molecule has 3 rings (SSSR count). The molecule has 126 valence electrons. The molecular weight excluding hydrogens is 304 g/mol. The maximum Gasteiger partial charge on any atom is 0.306 e. The monoisotopic (exact) mass is 326 g/mol. The summed E-state index contributed by atoms with van der Waals surface area (Å²) in [6.45, 7) is 5.17. The van der Waals surface area contributed by atoms with Gasteiger partial charge in [-0.15, -0.1) is 0 Å². The summed E-state index contributed by atoms with van der Waals surface area (Å²) in [6.07, 6.45) is 0.147. The SMILES string of the molecule is CC(C)CN(Cc1ccc2ccccc2n1)C(=O)[C@@H]1CCC(=O)O1. The van der Waals surface area contributed by atoms with E-state index in [1.807, 2.05) is 36.4 Å². The first-order valence-electron chi connectivity index (χ1n) is 8.36. The molecule has 5 nitrogen and oxygen atoms in total. The number of amides is 1. The molecule has 1 amide bonds. The first-order chi connectivity index (χ1) is 11.5. The van der Waals surface area contributed by atoms with Gasteiger partial charge in [-0.3, -0.25) is 14.6 Å². The van der Waals surface area contributed by atoms with Crippen molar-refractivity contribution in [3.05, 3.63) is 42.1 Å². The van der Waals surface area contributed by atoms with Crippen LogP contribution < -0.4 is 0 Å². The summed E-state index contributed by atoms with van der Waals surface area (Å²) in [6, 6.07) is 11.9. The molecule has 24 heavy (non-hydrogen) atoms. The van der Waals surface area contributed by atoms with Gasteiger partial charge in [-0.25, -0.2) is 0 Å². The summed E-state index contributed by atoms with van der Waals surface area (Å²) in [5, 5.41) is 1.08. The fourth-order valence-corrected chi connectivity index (χ4v) is 2.97. The van der Waals surface area contributed by atoms with Gasteiger partial charge in [0.2, 0.25) is 0 Å². The molecule has 5 heteroatoms. The molecule has 1 aliphatic rings. The molecule has 1 aromatic carbocycles. The van der Waals surface area contributed by atoms with Gasteiger partial charge < -0.3 is 9.64 Å². The van der Waals surface area contributed by atoms with Crippen molar-refractivity contribution >= 4 is 22.8 Å². The van der Waals surface area contributed by atoms with Crippen LogP contribution in [0.15, 0.2) is 36.4 Å². The summed E-state index contributed by atoms with van der Waals surface area (Å²) >= 11 is 0. The van der Waals surface area contributed by atoms with E-state index in [0.29, 0.717) is 31.8 Å². The number of para-hydroxylation sites is 1. The standard InChI is InChI=1S/C19H22N2O3/c1-13(2)11-21(19(23)17-9-10-18(22)24-17)12-15-8-7-14-5-3-4-6-16(14)20-15/h3-8,13,17H,9-12H2,1-2H3/t17-/m0/s1. The molecule has 1 aromatic heterocycles. The van der Waals surface area contributed by atoms with Crippen LogP contribution in [-0.4, -0.2) is 34.4 Å². The van der Waals surface area contributed by atoms with E-state index in [4.69, 9.17) is 4.74 Å². The number of ether oxygens (including phenoxy) is 1. The number of carbonyl (C=O) groups excluding carboxylic acids is 2. The largest absolute Gasteiger partial charge is 0.452 e. The minimum absolute atomic E-state index is 0.121. The highest BCUT2D eigenvalue weighted by molar-refractivity contribution is 5.86. The van der Waals surface area contributed by atoms with Crippen LogP contribution in [0, 0.1) is 5.92 Å². The van der Waals surface area contributed by atoms with Crippen molar-refractivity contribution in [1.29, 1.82) is 0 Å². The Bertz CT molecular complexity index is 757. The Morgan fingerprint density at radius 1 is 1.29 bits per heavy atom. The fraction of sp³-hybridized carbons (Fsp3) is 0.421. The number of benzene rings is 1. The quantitative estimate of drug-likeness (QED) is 0.793. The van der Waals surface area contributed by atoms with Crippen LogP contribution in [0.1, 0.15) is 32.4 Å². The zero-order chi connectivity index (χ0) is 17.1. The Kier molecular flexibility index (Phi) is 4.79. The number of fused-ring (bicyclic) bond motifs is 1. The number of cyclic esters (lactones) is 1. The minimum atomic E-state index is -0.642. The lowest BCUT2D eigenvalue weighted by atomic mass is 10.1. The molecule has 1 saturated heterocycles. The van der Waals surface area contributed by atoms with Crippen molar-refractivity contribution in [3.63, 3.8) is 0 Å². The molecule has 0 aliphatic carbocycles. The average molecular weight is 326 g/mol. The number of hydrogen-bond acceptors (Lipinski definition) is 4. The Morgan fingerprint density at radius 3 is 2.79 bits per heavy atom. The molecule has 2 heterocycles. The Balaban J connectivity index is 1.79. The summed E-state index contributed by atoms with van der Waals surface area (Å²) in [7, 11) is 0. The Labute approximate surface area is 141 Å². The maximum absolute atomic E-state index is 12.7. The second-order valence-electron chi connectivity index (χ2n) is 6.63. The lowest BCUT2D eigenvalue weighted by Gasteiger charge is -2.26. The van der Waals surface area contributed by atoms with Crippen molar-refractivity contribution in [2.45, 2.75) is 39.3 Å². The van der Waals surface area contributed by atoms with Crippen LogP contribution in [0.4, 0.5) is 0 Å².